The Labute approximate surface area is 120 Å². The normalized spacial score (nSPS) is 18.0. The fraction of sp³-hybridized carbons (Fsp3) is 0.714. The van der Waals surface area contributed by atoms with Gasteiger partial charge in [-0.2, -0.15) is 11.8 Å². The molecule has 19 heavy (non-hydrogen) atoms. The van der Waals surface area contributed by atoms with Gasteiger partial charge in [-0.15, -0.1) is 0 Å². The predicted molar refractivity (Wildman–Crippen MR) is 84.0 cm³/mol. The van der Waals surface area contributed by atoms with Gasteiger partial charge in [0.25, 0.3) is 0 Å². The van der Waals surface area contributed by atoms with Crippen LogP contribution in [0, 0.1) is 0 Å². The van der Waals surface area contributed by atoms with Crippen molar-refractivity contribution in [1.82, 2.24) is 9.97 Å². The molecule has 5 heteroatoms. The molecule has 0 saturated heterocycles. The van der Waals surface area contributed by atoms with E-state index in [1.54, 1.807) is 12.4 Å². The molecule has 1 aromatic rings. The first-order valence-electron chi connectivity index (χ1n) is 7.13. The molecule has 2 rings (SSSR count). The van der Waals surface area contributed by atoms with Crippen LogP contribution in [0.2, 0.25) is 0 Å². The maximum absolute atomic E-state index is 4.52. The highest BCUT2D eigenvalue weighted by Gasteiger charge is 2.30. The van der Waals surface area contributed by atoms with Crippen molar-refractivity contribution in [2.24, 2.45) is 0 Å². The number of thioether (sulfide) groups is 1. The summed E-state index contributed by atoms with van der Waals surface area (Å²) >= 11 is 2.00. The van der Waals surface area contributed by atoms with Crippen LogP contribution in [0.1, 0.15) is 39.0 Å². The SMILES string of the molecule is CCNc1cncc(NCC2(SC)CCCCC2)n1. The second-order valence-electron chi connectivity index (χ2n) is 5.12. The second-order valence-corrected chi connectivity index (χ2v) is 6.40. The van der Waals surface area contributed by atoms with Gasteiger partial charge in [0.1, 0.15) is 11.6 Å². The Hall–Kier alpha value is -0.970. The minimum Gasteiger partial charge on any atom is -0.369 e. The number of nitrogens with zero attached hydrogens (tertiary/aromatic N) is 2. The molecule has 0 aromatic carbocycles. The molecule has 0 unspecified atom stereocenters. The van der Waals surface area contributed by atoms with E-state index >= 15 is 0 Å². The molecule has 0 spiro atoms. The van der Waals surface area contributed by atoms with Gasteiger partial charge in [-0.25, -0.2) is 4.98 Å². The van der Waals surface area contributed by atoms with Crippen molar-refractivity contribution >= 4 is 23.4 Å². The number of anilines is 2. The van der Waals surface area contributed by atoms with Crippen LogP contribution >= 0.6 is 11.8 Å². The summed E-state index contributed by atoms with van der Waals surface area (Å²) in [7, 11) is 0. The van der Waals surface area contributed by atoms with Crippen molar-refractivity contribution in [2.45, 2.75) is 43.8 Å². The Balaban J connectivity index is 1.94. The van der Waals surface area contributed by atoms with E-state index in [0.717, 1.165) is 24.7 Å². The number of nitrogens with one attached hydrogen (secondary N) is 2. The van der Waals surface area contributed by atoms with Gasteiger partial charge in [0.05, 0.1) is 12.4 Å². The lowest BCUT2D eigenvalue weighted by atomic mass is 9.88. The third kappa shape index (κ3) is 4.00. The van der Waals surface area contributed by atoms with Crippen molar-refractivity contribution in [3.63, 3.8) is 0 Å². The Morgan fingerprint density at radius 3 is 2.47 bits per heavy atom. The summed E-state index contributed by atoms with van der Waals surface area (Å²) in [6.45, 7) is 3.91. The average Bonchev–Trinajstić information content (AvgIpc) is 2.47. The van der Waals surface area contributed by atoms with E-state index in [1.165, 1.54) is 32.1 Å². The summed E-state index contributed by atoms with van der Waals surface area (Å²) in [5.74, 6) is 1.71. The Kier molecular flexibility index (Phi) is 5.31. The van der Waals surface area contributed by atoms with Gasteiger partial charge in [0, 0.05) is 17.8 Å². The van der Waals surface area contributed by atoms with E-state index in [0.29, 0.717) is 4.75 Å². The van der Waals surface area contributed by atoms with Crippen molar-refractivity contribution in [1.29, 1.82) is 0 Å². The first-order chi connectivity index (χ1) is 9.28. The van der Waals surface area contributed by atoms with Crippen LogP contribution in [0.4, 0.5) is 11.6 Å². The Morgan fingerprint density at radius 1 is 1.16 bits per heavy atom. The zero-order valence-corrected chi connectivity index (χ0v) is 12.7. The molecule has 4 nitrogen and oxygen atoms in total. The highest BCUT2D eigenvalue weighted by molar-refractivity contribution is 8.00. The molecule has 1 fully saturated rings. The number of rotatable bonds is 6. The predicted octanol–water partition coefficient (Wildman–Crippen LogP) is 3.39. The lowest BCUT2D eigenvalue weighted by molar-refractivity contribution is 0.411. The molecule has 1 heterocycles. The third-order valence-electron chi connectivity index (χ3n) is 3.78. The summed E-state index contributed by atoms with van der Waals surface area (Å²) in [6, 6.07) is 0. The topological polar surface area (TPSA) is 49.8 Å². The summed E-state index contributed by atoms with van der Waals surface area (Å²) in [4.78, 5) is 8.74. The van der Waals surface area contributed by atoms with E-state index < -0.39 is 0 Å². The van der Waals surface area contributed by atoms with Gasteiger partial charge < -0.3 is 10.6 Å². The van der Waals surface area contributed by atoms with Gasteiger partial charge >= 0.3 is 0 Å². The van der Waals surface area contributed by atoms with Crippen LogP contribution in [0.15, 0.2) is 12.4 Å². The molecule has 0 radical (unpaired) electrons. The lowest BCUT2D eigenvalue weighted by Crippen LogP contribution is -2.35. The van der Waals surface area contributed by atoms with Gasteiger partial charge in [-0.05, 0) is 26.0 Å². The number of aromatic nitrogens is 2. The molecule has 0 bridgehead atoms. The summed E-state index contributed by atoms with van der Waals surface area (Å²) in [6.07, 6.45) is 12.5. The lowest BCUT2D eigenvalue weighted by Gasteiger charge is -2.36. The Morgan fingerprint density at radius 2 is 1.84 bits per heavy atom. The zero-order chi connectivity index (χ0) is 13.6. The number of hydrogen-bond acceptors (Lipinski definition) is 5. The average molecular weight is 280 g/mol. The summed E-state index contributed by atoms with van der Waals surface area (Å²) < 4.78 is 0.383. The molecule has 1 aliphatic carbocycles. The molecule has 1 aliphatic rings. The van der Waals surface area contributed by atoms with Crippen molar-refractivity contribution < 1.29 is 0 Å². The third-order valence-corrected chi connectivity index (χ3v) is 5.20. The molecule has 1 saturated carbocycles. The standard InChI is InChI=1S/C14H24N4S/c1-3-16-12-9-15-10-13(18-12)17-11-14(19-2)7-5-4-6-8-14/h9-10H,3-8,11H2,1-2H3,(H2,16,17,18). The van der Waals surface area contributed by atoms with Gasteiger partial charge in [-0.1, -0.05) is 19.3 Å². The molecule has 0 amide bonds. The van der Waals surface area contributed by atoms with Crippen LogP contribution in [0.5, 0.6) is 0 Å². The maximum atomic E-state index is 4.52. The fourth-order valence-electron chi connectivity index (χ4n) is 2.62. The molecule has 0 aliphatic heterocycles. The quantitative estimate of drug-likeness (QED) is 0.836. The molecular weight excluding hydrogens is 256 g/mol. The van der Waals surface area contributed by atoms with E-state index in [9.17, 15) is 0 Å². The molecule has 106 valence electrons. The monoisotopic (exact) mass is 280 g/mol. The fourth-order valence-corrected chi connectivity index (χ4v) is 3.53. The van der Waals surface area contributed by atoms with Crippen LogP contribution in [0.3, 0.4) is 0 Å². The summed E-state index contributed by atoms with van der Waals surface area (Å²) in [5.41, 5.74) is 0. The smallest absolute Gasteiger partial charge is 0.147 e. The van der Waals surface area contributed by atoms with E-state index in [2.05, 4.69) is 33.8 Å². The highest BCUT2D eigenvalue weighted by atomic mass is 32.2. The largest absolute Gasteiger partial charge is 0.369 e. The second kappa shape index (κ2) is 6.98. The first-order valence-corrected chi connectivity index (χ1v) is 8.35. The van der Waals surface area contributed by atoms with Crippen molar-refractivity contribution in [2.75, 3.05) is 30.0 Å². The van der Waals surface area contributed by atoms with E-state index in [1.807, 2.05) is 11.8 Å². The van der Waals surface area contributed by atoms with Crippen LogP contribution < -0.4 is 10.6 Å². The van der Waals surface area contributed by atoms with Crippen LogP contribution in [-0.2, 0) is 0 Å². The van der Waals surface area contributed by atoms with Crippen LogP contribution in [-0.4, -0.2) is 34.1 Å². The molecule has 2 N–H and O–H groups in total. The first kappa shape index (κ1) is 14.4. The van der Waals surface area contributed by atoms with E-state index in [-0.39, 0.29) is 0 Å². The minimum absolute atomic E-state index is 0.383. The Bertz CT molecular complexity index is 391. The van der Waals surface area contributed by atoms with Gasteiger partial charge in [0.15, 0.2) is 0 Å². The highest BCUT2D eigenvalue weighted by Crippen LogP contribution is 2.38. The molecular formula is C14H24N4S. The van der Waals surface area contributed by atoms with E-state index in [4.69, 9.17) is 0 Å². The summed E-state index contributed by atoms with van der Waals surface area (Å²) in [5, 5.41) is 6.66. The van der Waals surface area contributed by atoms with Crippen molar-refractivity contribution in [3.8, 4) is 0 Å². The van der Waals surface area contributed by atoms with Gasteiger partial charge in [0.2, 0.25) is 0 Å². The molecule has 0 atom stereocenters. The van der Waals surface area contributed by atoms with Crippen molar-refractivity contribution in [3.05, 3.63) is 12.4 Å². The zero-order valence-electron chi connectivity index (χ0n) is 11.9. The van der Waals surface area contributed by atoms with Gasteiger partial charge in [-0.3, -0.25) is 4.98 Å². The molecule has 1 aromatic heterocycles. The van der Waals surface area contributed by atoms with Crippen LogP contribution in [0.25, 0.3) is 0 Å². The number of hydrogen-bond donors (Lipinski definition) is 2. The maximum Gasteiger partial charge on any atom is 0.147 e. The minimum atomic E-state index is 0.383.